The molecule has 0 radical (unpaired) electrons. The van der Waals surface area contributed by atoms with Crippen LogP contribution in [-0.4, -0.2) is 147 Å². The quantitative estimate of drug-likeness (QED) is 0.130. The van der Waals surface area contributed by atoms with E-state index in [0.29, 0.717) is 45.3 Å². The van der Waals surface area contributed by atoms with Crippen LogP contribution in [-0.2, 0) is 39.8 Å². The Morgan fingerprint density at radius 3 is 2.29 bits per heavy atom. The highest BCUT2D eigenvalue weighted by Gasteiger charge is 2.58. The Labute approximate surface area is 378 Å². The zero-order valence-corrected chi connectivity index (χ0v) is 36.4. The second kappa shape index (κ2) is 24.9. The minimum Gasteiger partial charge on any atom is -0.458 e. The third-order valence-corrected chi connectivity index (χ3v) is 13.1. The molecule has 0 aliphatic carbocycles. The Bertz CT molecular complexity index is 1650. The van der Waals surface area contributed by atoms with Gasteiger partial charge in [0.05, 0.1) is 30.0 Å². The SMILES string of the molecule is C.C.C.C.C.CC[C@H]1OC(=O)[C@H](C)C(=O)[C@@H](C)[C@@H](O[C@@H]2OC(C)CC(N(C)C)C2O)[C@](C)(OC)C[C@@H](C)CN[C@H](C)[C@H]2N(CCCCn3cc(-c4nccs4)nn3)C(=O)O[C@]12C. The molecule has 13 atom stereocenters. The number of nitrogens with zero attached hydrogens (tertiary/aromatic N) is 6. The highest BCUT2D eigenvalue weighted by Crippen LogP contribution is 2.40. The molecule has 62 heavy (non-hydrogen) atoms. The number of aryl methyl sites for hydroxylation is 1. The van der Waals surface area contributed by atoms with Gasteiger partial charge in [0.25, 0.3) is 0 Å². The van der Waals surface area contributed by atoms with Gasteiger partial charge in [-0.05, 0) is 93.3 Å². The van der Waals surface area contributed by atoms with Gasteiger partial charge in [-0.2, -0.15) is 0 Å². The number of aromatic nitrogens is 4. The summed E-state index contributed by atoms with van der Waals surface area (Å²) >= 11 is 1.50. The number of ketones is 1. The first kappa shape index (κ1) is 58.9. The van der Waals surface area contributed by atoms with Gasteiger partial charge < -0.3 is 39.0 Å². The largest absolute Gasteiger partial charge is 0.458 e. The first-order valence-corrected chi connectivity index (χ1v) is 21.3. The van der Waals surface area contributed by atoms with Crippen molar-refractivity contribution >= 4 is 29.2 Å². The van der Waals surface area contributed by atoms with Crippen LogP contribution < -0.4 is 5.32 Å². The van der Waals surface area contributed by atoms with Crippen LogP contribution in [0.1, 0.15) is 125 Å². The summed E-state index contributed by atoms with van der Waals surface area (Å²) in [6, 6.07) is -1.02. The van der Waals surface area contributed by atoms with Gasteiger partial charge in [-0.15, -0.1) is 16.4 Å². The van der Waals surface area contributed by atoms with E-state index in [1.54, 1.807) is 29.8 Å². The molecule has 0 aromatic carbocycles. The Morgan fingerprint density at radius 1 is 1.03 bits per heavy atom. The van der Waals surface area contributed by atoms with Crippen LogP contribution >= 0.6 is 11.3 Å². The van der Waals surface area contributed by atoms with E-state index in [2.05, 4.69) is 27.5 Å². The maximum atomic E-state index is 14.4. The van der Waals surface area contributed by atoms with Crippen LogP contribution in [0.25, 0.3) is 10.7 Å². The average Bonchev–Trinajstić information content (AvgIpc) is 3.93. The summed E-state index contributed by atoms with van der Waals surface area (Å²) in [4.78, 5) is 50.1. The third kappa shape index (κ3) is 12.8. The van der Waals surface area contributed by atoms with Crippen molar-refractivity contribution in [2.75, 3.05) is 34.3 Å². The lowest BCUT2D eigenvalue weighted by molar-refractivity contribution is -0.295. The van der Waals surface area contributed by atoms with Crippen molar-refractivity contribution < 1.29 is 43.2 Å². The molecule has 3 unspecified atom stereocenters. The lowest BCUT2D eigenvalue weighted by Crippen LogP contribution is -2.61. The van der Waals surface area contributed by atoms with Gasteiger partial charge in [0.1, 0.15) is 28.8 Å². The zero-order valence-electron chi connectivity index (χ0n) is 35.5. The van der Waals surface area contributed by atoms with E-state index in [0.717, 1.165) is 17.1 Å². The molecule has 0 bridgehead atoms. The van der Waals surface area contributed by atoms with E-state index in [4.69, 9.17) is 23.7 Å². The normalized spacial score (nSPS) is 34.4. The van der Waals surface area contributed by atoms with Gasteiger partial charge in [0.15, 0.2) is 17.7 Å². The molecule has 17 heteroatoms. The summed E-state index contributed by atoms with van der Waals surface area (Å²) < 4.78 is 33.2. The number of methoxy groups -OCH3 is 1. The second-order valence-corrected chi connectivity index (χ2v) is 17.9. The molecule has 0 saturated carbocycles. The Balaban J connectivity index is 0.00000744. The van der Waals surface area contributed by atoms with E-state index < -0.39 is 71.5 Å². The van der Waals surface area contributed by atoms with E-state index in [1.165, 1.54) is 18.3 Å². The van der Waals surface area contributed by atoms with Crippen molar-refractivity contribution in [3.05, 3.63) is 17.8 Å². The minimum atomic E-state index is -1.22. The number of ether oxygens (including phenoxy) is 5. The molecule has 0 spiro atoms. The fourth-order valence-corrected chi connectivity index (χ4v) is 9.66. The number of hydrogen-bond acceptors (Lipinski definition) is 15. The fraction of sp³-hybridized carbons (Fsp3) is 0.822. The highest BCUT2D eigenvalue weighted by atomic mass is 32.1. The lowest BCUT2D eigenvalue weighted by atomic mass is 9.78. The number of cyclic esters (lactones) is 1. The van der Waals surface area contributed by atoms with Crippen LogP contribution in [0, 0.1) is 17.8 Å². The van der Waals surface area contributed by atoms with Crippen molar-refractivity contribution in [2.45, 2.75) is 191 Å². The number of aliphatic hydroxyl groups excluding tert-OH is 1. The second-order valence-electron chi connectivity index (χ2n) is 17.0. The number of carbonyl (C=O) groups is 3. The smallest absolute Gasteiger partial charge is 0.410 e. The van der Waals surface area contributed by atoms with Crippen LogP contribution in [0.4, 0.5) is 4.79 Å². The molecule has 16 nitrogen and oxygen atoms in total. The maximum Gasteiger partial charge on any atom is 0.410 e. The van der Waals surface area contributed by atoms with Crippen molar-refractivity contribution in [3.63, 3.8) is 0 Å². The summed E-state index contributed by atoms with van der Waals surface area (Å²) in [5.41, 5.74) is -1.54. The molecular weight excluding hydrogens is 815 g/mol. The van der Waals surface area contributed by atoms with Crippen molar-refractivity contribution in [1.29, 1.82) is 0 Å². The molecule has 2 aromatic rings. The molecule has 5 heterocycles. The van der Waals surface area contributed by atoms with Gasteiger partial charge in [0.2, 0.25) is 0 Å². The average molecular weight is 900 g/mol. The summed E-state index contributed by atoms with van der Waals surface area (Å²) in [7, 11) is 5.39. The minimum absolute atomic E-state index is 0. The summed E-state index contributed by atoms with van der Waals surface area (Å²) in [6.07, 6.45) is 1.99. The number of carbonyl (C=O) groups excluding carboxylic acids is 3. The maximum absolute atomic E-state index is 14.4. The van der Waals surface area contributed by atoms with Crippen LogP contribution in [0.2, 0.25) is 0 Å². The Morgan fingerprint density at radius 2 is 1.69 bits per heavy atom. The summed E-state index contributed by atoms with van der Waals surface area (Å²) in [5, 5.41) is 26.3. The number of rotatable bonds is 11. The molecule has 5 rings (SSSR count). The van der Waals surface area contributed by atoms with E-state index >= 15 is 0 Å². The van der Waals surface area contributed by atoms with Crippen LogP contribution in [0.5, 0.6) is 0 Å². The number of hydrogen-bond donors (Lipinski definition) is 2. The van der Waals surface area contributed by atoms with Crippen molar-refractivity contribution in [2.24, 2.45) is 17.8 Å². The van der Waals surface area contributed by atoms with Crippen molar-refractivity contribution in [1.82, 2.24) is 35.1 Å². The number of esters is 1. The molecule has 3 fully saturated rings. The number of fused-ring (bicyclic) bond motifs is 1. The number of amides is 1. The fourth-order valence-electron chi connectivity index (χ4n) is 9.07. The number of unbranched alkanes of at least 4 members (excludes halogenated alkanes) is 1. The lowest BCUT2D eigenvalue weighted by Gasteiger charge is -2.46. The summed E-state index contributed by atoms with van der Waals surface area (Å²) in [6.45, 7) is 16.5. The first-order chi connectivity index (χ1) is 26.9. The third-order valence-electron chi connectivity index (χ3n) is 12.3. The molecule has 3 saturated heterocycles. The highest BCUT2D eigenvalue weighted by molar-refractivity contribution is 7.13. The standard InChI is InChI=1S/C40H65N7O9S.5CH4/c1-12-30-40(8)33(47(38(51)56-40)17-14-13-16-46-22-28(43-44-46)35-41-15-18-57-35)27(6)42-21-23(2)20-39(7,52-11)34(25(4)31(48)26(5)36(50)54-30)55-37-32(49)29(45(9)10)19-24(3)53-37;;;;;/h15,18,22-27,29-30,32-34,37,42,49H,12-14,16-17,19-21H2,1-11H3;5*1H4/t23-,24?,25-,26-,27-,29?,30-,32?,33-,34-,37+,39-,40-;;;;;/m1...../s1. The number of likely N-dealkylation sites (N-methyl/N-ethyl adjacent to an activating group) is 1. The van der Waals surface area contributed by atoms with Crippen LogP contribution in [0.15, 0.2) is 17.8 Å². The van der Waals surface area contributed by atoms with Gasteiger partial charge in [-0.1, -0.05) is 63.1 Å². The molecule has 3 aliphatic rings. The molecule has 3 aliphatic heterocycles. The molecule has 2 aromatic heterocycles. The molecule has 360 valence electrons. The Kier molecular flexibility index (Phi) is 23.6. The van der Waals surface area contributed by atoms with Crippen molar-refractivity contribution in [3.8, 4) is 10.7 Å². The van der Waals surface area contributed by atoms with Crippen LogP contribution in [0.3, 0.4) is 0 Å². The number of nitrogens with one attached hydrogen (secondary N) is 1. The topological polar surface area (TPSA) is 180 Å². The van der Waals surface area contributed by atoms with E-state index in [-0.39, 0.29) is 61.2 Å². The first-order valence-electron chi connectivity index (χ1n) is 20.4. The van der Waals surface area contributed by atoms with Gasteiger partial charge in [0, 0.05) is 49.8 Å². The summed E-state index contributed by atoms with van der Waals surface area (Å²) in [5.74, 6) is -3.14. The van der Waals surface area contributed by atoms with Gasteiger partial charge >= 0.3 is 12.1 Å². The molecule has 1 amide bonds. The van der Waals surface area contributed by atoms with E-state index in [1.807, 2.05) is 65.2 Å². The number of aliphatic hydroxyl groups is 1. The Hall–Kier alpha value is -3.06. The number of Topliss-reactive ketones (excluding diaryl/α,β-unsaturated/α-hetero) is 1. The molecular formula is C45H85N7O9S. The van der Waals surface area contributed by atoms with E-state index in [9.17, 15) is 19.5 Å². The predicted molar refractivity (Wildman–Crippen MR) is 247 cm³/mol. The monoisotopic (exact) mass is 900 g/mol. The zero-order chi connectivity index (χ0) is 41.8. The van der Waals surface area contributed by atoms with Gasteiger partial charge in [-0.3, -0.25) is 19.2 Å². The molecule has 2 N–H and O–H groups in total. The predicted octanol–water partition coefficient (Wildman–Crippen LogP) is 7.34. The number of thiazole rings is 1. The van der Waals surface area contributed by atoms with Gasteiger partial charge in [-0.25, -0.2) is 9.78 Å².